The van der Waals surface area contributed by atoms with Crippen molar-refractivity contribution in [2.45, 2.75) is 47.6 Å². The van der Waals surface area contributed by atoms with Crippen LogP contribution in [0.5, 0.6) is 0 Å². The molecule has 2 aromatic rings. The molecule has 0 saturated heterocycles. The number of rotatable bonds is 4. The second kappa shape index (κ2) is 7.50. The molecule has 0 aliphatic rings. The molecule has 0 radical (unpaired) electrons. The zero-order valence-electron chi connectivity index (χ0n) is 16.0. The van der Waals surface area contributed by atoms with Gasteiger partial charge in [0.05, 0.1) is 16.4 Å². The van der Waals surface area contributed by atoms with Crippen molar-refractivity contribution in [3.63, 3.8) is 0 Å². The Hall–Kier alpha value is -2.34. The van der Waals surface area contributed by atoms with E-state index in [1.54, 1.807) is 29.8 Å². The van der Waals surface area contributed by atoms with E-state index < -0.39 is 11.5 Å². The molecule has 140 valence electrons. The van der Waals surface area contributed by atoms with E-state index in [-0.39, 0.29) is 11.8 Å². The van der Waals surface area contributed by atoms with Crippen LogP contribution >= 0.6 is 11.6 Å². The third-order valence-electron chi connectivity index (χ3n) is 3.96. The average molecular weight is 377 g/mol. The zero-order valence-corrected chi connectivity index (χ0v) is 16.7. The molecule has 0 saturated carbocycles. The van der Waals surface area contributed by atoms with Crippen molar-refractivity contribution in [1.82, 2.24) is 9.78 Å². The molecule has 6 nitrogen and oxygen atoms in total. The number of aromatic nitrogens is 2. The summed E-state index contributed by atoms with van der Waals surface area (Å²) in [6.07, 6.45) is 0. The largest absolute Gasteiger partial charge is 0.326 e. The Balaban J connectivity index is 2.11. The van der Waals surface area contributed by atoms with Gasteiger partial charge >= 0.3 is 0 Å². The maximum absolute atomic E-state index is 12.5. The van der Waals surface area contributed by atoms with Crippen molar-refractivity contribution in [3.05, 3.63) is 40.7 Å². The fourth-order valence-electron chi connectivity index (χ4n) is 2.40. The first-order valence-corrected chi connectivity index (χ1v) is 8.81. The second-order valence-corrected chi connectivity index (χ2v) is 7.84. The van der Waals surface area contributed by atoms with Crippen molar-refractivity contribution in [2.24, 2.45) is 5.41 Å². The Kier molecular flexibility index (Phi) is 5.76. The van der Waals surface area contributed by atoms with Crippen LogP contribution in [-0.2, 0) is 9.59 Å². The number of aryl methyl sites for hydroxylation is 2. The number of anilines is 2. The molecule has 0 unspecified atom stereocenters. The van der Waals surface area contributed by atoms with Crippen LogP contribution in [0, 0.1) is 19.3 Å². The van der Waals surface area contributed by atoms with Gasteiger partial charge < -0.3 is 10.6 Å². The molecule has 0 aliphatic carbocycles. The number of halogens is 1. The van der Waals surface area contributed by atoms with E-state index in [9.17, 15) is 9.59 Å². The third kappa shape index (κ3) is 4.64. The standard InChI is InChI=1S/C19H25ClN4O2/c1-11-9-12(2)24(23-11)13(3)17(25)22-16-8-7-14(10-15(16)20)21-18(26)19(4,5)6/h7-10,13H,1-6H3,(H,21,26)(H,22,25)/t13-/m0/s1. The van der Waals surface area contributed by atoms with E-state index in [0.29, 0.717) is 16.4 Å². The summed E-state index contributed by atoms with van der Waals surface area (Å²) in [5, 5.41) is 10.3. The molecule has 2 rings (SSSR count). The molecule has 26 heavy (non-hydrogen) atoms. The van der Waals surface area contributed by atoms with Crippen LogP contribution in [0.15, 0.2) is 24.3 Å². The van der Waals surface area contributed by atoms with Crippen molar-refractivity contribution >= 4 is 34.8 Å². The highest BCUT2D eigenvalue weighted by Gasteiger charge is 2.22. The number of hydrogen-bond donors (Lipinski definition) is 2. The first-order valence-electron chi connectivity index (χ1n) is 8.43. The fraction of sp³-hybridized carbons (Fsp3) is 0.421. The quantitative estimate of drug-likeness (QED) is 0.833. The van der Waals surface area contributed by atoms with Gasteiger partial charge in [-0.1, -0.05) is 32.4 Å². The Labute approximate surface area is 158 Å². The number of nitrogens with one attached hydrogen (secondary N) is 2. The van der Waals surface area contributed by atoms with Gasteiger partial charge in [0.25, 0.3) is 0 Å². The molecule has 1 aromatic carbocycles. The number of carbonyl (C=O) groups is 2. The van der Waals surface area contributed by atoms with Crippen LogP contribution in [-0.4, -0.2) is 21.6 Å². The summed E-state index contributed by atoms with van der Waals surface area (Å²) in [6, 6.07) is 6.45. The lowest BCUT2D eigenvalue weighted by Crippen LogP contribution is -2.27. The van der Waals surface area contributed by atoms with E-state index in [1.165, 1.54) is 0 Å². The summed E-state index contributed by atoms with van der Waals surface area (Å²) in [5.74, 6) is -0.326. The number of nitrogens with zero attached hydrogens (tertiary/aromatic N) is 2. The second-order valence-electron chi connectivity index (χ2n) is 7.44. The molecule has 0 bridgehead atoms. The maximum Gasteiger partial charge on any atom is 0.248 e. The SMILES string of the molecule is Cc1cc(C)n([C@@H](C)C(=O)Nc2ccc(NC(=O)C(C)(C)C)cc2Cl)n1. The molecule has 1 atom stereocenters. The minimum absolute atomic E-state index is 0.108. The van der Waals surface area contributed by atoms with Crippen LogP contribution in [0.2, 0.25) is 5.02 Å². The van der Waals surface area contributed by atoms with Gasteiger partial charge in [-0.15, -0.1) is 0 Å². The maximum atomic E-state index is 12.5. The summed E-state index contributed by atoms with van der Waals surface area (Å²) in [5.41, 5.74) is 2.34. The van der Waals surface area contributed by atoms with Gasteiger partial charge in [0.2, 0.25) is 11.8 Å². The molecule has 1 aromatic heterocycles. The van der Waals surface area contributed by atoms with Crippen LogP contribution in [0.1, 0.15) is 45.1 Å². The van der Waals surface area contributed by atoms with E-state index in [0.717, 1.165) is 11.4 Å². The van der Waals surface area contributed by atoms with Gasteiger partial charge in [0.15, 0.2) is 0 Å². The summed E-state index contributed by atoms with van der Waals surface area (Å²) in [4.78, 5) is 24.6. The Morgan fingerprint density at radius 2 is 1.81 bits per heavy atom. The first-order chi connectivity index (χ1) is 12.0. The molecule has 1 heterocycles. The van der Waals surface area contributed by atoms with Crippen LogP contribution in [0.4, 0.5) is 11.4 Å². The average Bonchev–Trinajstić information content (AvgIpc) is 2.86. The van der Waals surface area contributed by atoms with Crippen LogP contribution in [0.3, 0.4) is 0 Å². The van der Waals surface area contributed by atoms with Gasteiger partial charge in [0, 0.05) is 16.8 Å². The lowest BCUT2D eigenvalue weighted by molar-refractivity contribution is -0.123. The van der Waals surface area contributed by atoms with Gasteiger partial charge in [0.1, 0.15) is 6.04 Å². The number of benzene rings is 1. The predicted molar refractivity (Wildman–Crippen MR) is 105 cm³/mol. The van der Waals surface area contributed by atoms with E-state index in [2.05, 4.69) is 15.7 Å². The van der Waals surface area contributed by atoms with Gasteiger partial charge in [-0.2, -0.15) is 5.10 Å². The van der Waals surface area contributed by atoms with Crippen molar-refractivity contribution in [3.8, 4) is 0 Å². The Morgan fingerprint density at radius 3 is 2.31 bits per heavy atom. The van der Waals surface area contributed by atoms with Gasteiger partial charge in [-0.05, 0) is 45.0 Å². The molecular weight excluding hydrogens is 352 g/mol. The third-order valence-corrected chi connectivity index (χ3v) is 4.27. The zero-order chi connectivity index (χ0) is 19.6. The summed E-state index contributed by atoms with van der Waals surface area (Å²) < 4.78 is 1.68. The highest BCUT2D eigenvalue weighted by Crippen LogP contribution is 2.27. The molecular formula is C19H25ClN4O2. The summed E-state index contributed by atoms with van der Waals surface area (Å²) in [7, 11) is 0. The molecule has 0 aliphatic heterocycles. The minimum atomic E-state index is -0.505. The molecule has 2 amide bonds. The fourth-order valence-corrected chi connectivity index (χ4v) is 2.63. The minimum Gasteiger partial charge on any atom is -0.326 e. The Bertz CT molecular complexity index is 837. The lowest BCUT2D eigenvalue weighted by atomic mass is 9.95. The highest BCUT2D eigenvalue weighted by atomic mass is 35.5. The smallest absolute Gasteiger partial charge is 0.248 e. The van der Waals surface area contributed by atoms with Crippen molar-refractivity contribution < 1.29 is 9.59 Å². The molecule has 7 heteroatoms. The summed E-state index contributed by atoms with van der Waals surface area (Å²) >= 11 is 6.27. The Morgan fingerprint density at radius 1 is 1.15 bits per heavy atom. The van der Waals surface area contributed by atoms with Gasteiger partial charge in [-0.3, -0.25) is 14.3 Å². The lowest BCUT2D eigenvalue weighted by Gasteiger charge is -2.18. The van der Waals surface area contributed by atoms with E-state index in [4.69, 9.17) is 11.6 Å². The van der Waals surface area contributed by atoms with Crippen LogP contribution in [0.25, 0.3) is 0 Å². The summed E-state index contributed by atoms with van der Waals surface area (Å²) in [6.45, 7) is 11.1. The molecule has 2 N–H and O–H groups in total. The predicted octanol–water partition coefficient (Wildman–Crippen LogP) is 4.34. The number of hydrogen-bond acceptors (Lipinski definition) is 3. The number of amides is 2. The number of carbonyl (C=O) groups excluding carboxylic acids is 2. The first kappa shape index (κ1) is 20.0. The van der Waals surface area contributed by atoms with Crippen LogP contribution < -0.4 is 10.6 Å². The van der Waals surface area contributed by atoms with Crippen molar-refractivity contribution in [1.29, 1.82) is 0 Å². The molecule has 0 fully saturated rings. The van der Waals surface area contributed by atoms with E-state index in [1.807, 2.05) is 40.7 Å². The highest BCUT2D eigenvalue weighted by molar-refractivity contribution is 6.34. The van der Waals surface area contributed by atoms with E-state index >= 15 is 0 Å². The molecule has 0 spiro atoms. The van der Waals surface area contributed by atoms with Crippen molar-refractivity contribution in [2.75, 3.05) is 10.6 Å². The normalized spacial score (nSPS) is 12.6. The monoisotopic (exact) mass is 376 g/mol. The topological polar surface area (TPSA) is 76.0 Å². The van der Waals surface area contributed by atoms with Gasteiger partial charge in [-0.25, -0.2) is 0 Å².